The average Bonchev–Trinajstić information content (AvgIpc) is 3.39. The van der Waals surface area contributed by atoms with Crippen LogP contribution in [0.4, 0.5) is 11.4 Å². The Morgan fingerprint density at radius 3 is 2.68 bits per heavy atom. The van der Waals surface area contributed by atoms with Crippen LogP contribution in [-0.2, 0) is 20.2 Å². The number of hydrogen-bond acceptors (Lipinski definition) is 10. The van der Waals surface area contributed by atoms with E-state index >= 15 is 0 Å². The van der Waals surface area contributed by atoms with Crippen LogP contribution in [0.25, 0.3) is 0 Å². The second-order valence-electron chi connectivity index (χ2n) is 9.58. The first-order chi connectivity index (χ1) is 17.7. The molecule has 37 heavy (non-hydrogen) atoms. The minimum Gasteiger partial charge on any atom is -0.494 e. The normalized spacial score (nSPS) is 21.8. The maximum atomic E-state index is 13.3. The summed E-state index contributed by atoms with van der Waals surface area (Å²) in [6.45, 7) is 7.05. The molecule has 0 amide bonds. The van der Waals surface area contributed by atoms with Crippen LogP contribution >= 0.6 is 0 Å². The van der Waals surface area contributed by atoms with Crippen LogP contribution in [0.1, 0.15) is 25.8 Å². The standard InChI is InChI=1S/C26H34N6O4S/c1-17(2)37(33,34)23-7-5-4-6-19(23)26(27)20-10-11-28-24(20)30-25(31-26)29-21-9-8-18(16-22(21)35-3)32-12-14-36-15-13-32/h4-9,16-17,28H,10-15,27H2,1-3H3,(H2,29,30,31). The van der Waals surface area contributed by atoms with E-state index in [9.17, 15) is 8.42 Å². The van der Waals surface area contributed by atoms with Gasteiger partial charge < -0.3 is 30.3 Å². The van der Waals surface area contributed by atoms with Gasteiger partial charge in [0.1, 0.15) is 11.6 Å². The van der Waals surface area contributed by atoms with E-state index in [1.54, 1.807) is 45.2 Å². The van der Waals surface area contributed by atoms with Gasteiger partial charge in [-0.25, -0.2) is 13.4 Å². The van der Waals surface area contributed by atoms with E-state index < -0.39 is 20.8 Å². The summed E-state index contributed by atoms with van der Waals surface area (Å²) in [5.41, 5.74) is 8.68. The molecule has 0 radical (unpaired) electrons. The van der Waals surface area contributed by atoms with E-state index in [-0.39, 0.29) is 4.90 Å². The number of methoxy groups -OCH3 is 1. The van der Waals surface area contributed by atoms with Gasteiger partial charge in [-0.05, 0) is 38.5 Å². The van der Waals surface area contributed by atoms with Crippen molar-refractivity contribution in [2.45, 2.75) is 36.1 Å². The van der Waals surface area contributed by atoms with Gasteiger partial charge in [0.05, 0.1) is 36.2 Å². The van der Waals surface area contributed by atoms with Gasteiger partial charge in [0, 0.05) is 42.5 Å². The Morgan fingerprint density at radius 1 is 1.19 bits per heavy atom. The third-order valence-electron chi connectivity index (χ3n) is 7.01. The van der Waals surface area contributed by atoms with Crippen molar-refractivity contribution in [2.24, 2.45) is 10.7 Å². The molecule has 5 rings (SSSR count). The molecule has 198 valence electrons. The molecule has 10 nitrogen and oxygen atoms in total. The number of sulfone groups is 1. The molecule has 0 aliphatic carbocycles. The van der Waals surface area contributed by atoms with Gasteiger partial charge in [-0.1, -0.05) is 18.2 Å². The van der Waals surface area contributed by atoms with E-state index in [4.69, 9.17) is 20.2 Å². The fourth-order valence-corrected chi connectivity index (χ4v) is 6.24. The van der Waals surface area contributed by atoms with Crippen LogP contribution in [0.15, 0.2) is 63.7 Å². The average molecular weight is 527 g/mol. The highest BCUT2D eigenvalue weighted by molar-refractivity contribution is 7.92. The predicted octanol–water partition coefficient (Wildman–Crippen LogP) is 2.10. The maximum absolute atomic E-state index is 13.3. The molecule has 11 heteroatoms. The summed E-state index contributed by atoms with van der Waals surface area (Å²) in [5, 5.41) is 9.35. The Balaban J connectivity index is 1.53. The van der Waals surface area contributed by atoms with Crippen molar-refractivity contribution in [1.82, 2.24) is 10.6 Å². The summed E-state index contributed by atoms with van der Waals surface area (Å²) in [6.07, 6.45) is 0.642. The number of hydrogen-bond donors (Lipinski definition) is 4. The summed E-state index contributed by atoms with van der Waals surface area (Å²) < 4.78 is 37.7. The number of nitrogens with one attached hydrogen (secondary N) is 3. The van der Waals surface area contributed by atoms with Gasteiger partial charge in [0.15, 0.2) is 15.5 Å². The van der Waals surface area contributed by atoms with Crippen molar-refractivity contribution >= 4 is 27.2 Å². The number of morpholine rings is 1. The Morgan fingerprint density at radius 2 is 1.95 bits per heavy atom. The molecule has 5 N–H and O–H groups in total. The molecular weight excluding hydrogens is 492 g/mol. The number of aliphatic imine (C=N–C) groups is 1. The monoisotopic (exact) mass is 526 g/mol. The topological polar surface area (TPSA) is 130 Å². The van der Waals surface area contributed by atoms with Crippen molar-refractivity contribution in [3.8, 4) is 5.75 Å². The zero-order valence-electron chi connectivity index (χ0n) is 21.4. The lowest BCUT2D eigenvalue weighted by molar-refractivity contribution is 0.122. The van der Waals surface area contributed by atoms with Gasteiger partial charge in [0.25, 0.3) is 0 Å². The molecule has 1 atom stereocenters. The molecule has 0 bridgehead atoms. The van der Waals surface area contributed by atoms with Gasteiger partial charge in [-0.15, -0.1) is 0 Å². The van der Waals surface area contributed by atoms with Gasteiger partial charge in [-0.3, -0.25) is 5.73 Å². The number of nitrogens with zero attached hydrogens (tertiary/aromatic N) is 2. The van der Waals surface area contributed by atoms with E-state index in [0.717, 1.165) is 30.2 Å². The van der Waals surface area contributed by atoms with Crippen molar-refractivity contribution in [3.05, 3.63) is 59.4 Å². The number of rotatable bonds is 6. The van der Waals surface area contributed by atoms with Gasteiger partial charge >= 0.3 is 0 Å². The molecule has 1 saturated heterocycles. The fourth-order valence-electron chi connectivity index (χ4n) is 4.93. The highest BCUT2D eigenvalue weighted by Crippen LogP contribution is 2.40. The summed E-state index contributed by atoms with van der Waals surface area (Å²) >= 11 is 0. The minimum absolute atomic E-state index is 0.198. The highest BCUT2D eigenvalue weighted by atomic mass is 32.2. The SMILES string of the molecule is COc1cc(N2CCOCC2)ccc1NC1=NC(N)(c2ccccc2S(=O)(=O)C(C)C)C2=C(NCC2)N1. The number of anilines is 2. The lowest BCUT2D eigenvalue weighted by Gasteiger charge is -2.35. The first-order valence-electron chi connectivity index (χ1n) is 12.5. The molecule has 3 aliphatic rings. The van der Waals surface area contributed by atoms with Crippen molar-refractivity contribution < 1.29 is 17.9 Å². The van der Waals surface area contributed by atoms with E-state index in [0.29, 0.717) is 49.1 Å². The quantitative estimate of drug-likeness (QED) is 0.447. The third-order valence-corrected chi connectivity index (χ3v) is 9.22. The summed E-state index contributed by atoms with van der Waals surface area (Å²) in [4.78, 5) is 7.32. The first-order valence-corrected chi connectivity index (χ1v) is 14.0. The van der Waals surface area contributed by atoms with Crippen LogP contribution < -0.4 is 31.3 Å². The van der Waals surface area contributed by atoms with Gasteiger partial charge in [0.2, 0.25) is 5.96 Å². The number of ether oxygens (including phenoxy) is 2. The zero-order chi connectivity index (χ0) is 26.2. The van der Waals surface area contributed by atoms with Crippen LogP contribution in [0.2, 0.25) is 0 Å². The number of nitrogens with two attached hydrogens (primary N) is 1. The smallest absolute Gasteiger partial charge is 0.204 e. The Labute approximate surface area is 217 Å². The molecule has 2 aromatic carbocycles. The molecule has 3 aliphatic heterocycles. The predicted molar refractivity (Wildman–Crippen MR) is 144 cm³/mol. The van der Waals surface area contributed by atoms with Crippen LogP contribution in [0.5, 0.6) is 5.75 Å². The Kier molecular flexibility index (Phi) is 6.78. The fraction of sp³-hybridized carbons (Fsp3) is 0.423. The van der Waals surface area contributed by atoms with Crippen molar-refractivity contribution in [1.29, 1.82) is 0 Å². The second kappa shape index (κ2) is 9.88. The molecular formula is C26H34N6O4S. The lowest BCUT2D eigenvalue weighted by Crippen LogP contribution is -2.48. The summed E-state index contributed by atoms with van der Waals surface area (Å²) in [7, 11) is -1.97. The minimum atomic E-state index is -3.59. The van der Waals surface area contributed by atoms with Crippen molar-refractivity contribution in [2.75, 3.05) is 50.2 Å². The maximum Gasteiger partial charge on any atom is 0.204 e. The van der Waals surface area contributed by atoms with Crippen LogP contribution in [0.3, 0.4) is 0 Å². The molecule has 0 aromatic heterocycles. The molecule has 2 aromatic rings. The number of benzene rings is 2. The zero-order valence-corrected chi connectivity index (χ0v) is 22.2. The molecule has 0 spiro atoms. The highest BCUT2D eigenvalue weighted by Gasteiger charge is 2.43. The van der Waals surface area contributed by atoms with Crippen LogP contribution in [0, 0.1) is 0 Å². The van der Waals surface area contributed by atoms with Crippen LogP contribution in [-0.4, -0.2) is 59.6 Å². The van der Waals surface area contributed by atoms with E-state index in [1.807, 2.05) is 18.2 Å². The van der Waals surface area contributed by atoms with Gasteiger partial charge in [-0.2, -0.15) is 0 Å². The Hall–Kier alpha value is -3.28. The van der Waals surface area contributed by atoms with E-state index in [1.165, 1.54) is 0 Å². The molecule has 1 unspecified atom stereocenters. The number of guanidine groups is 1. The summed E-state index contributed by atoms with van der Waals surface area (Å²) in [5.74, 6) is 1.78. The molecule has 1 fully saturated rings. The lowest BCUT2D eigenvalue weighted by atomic mass is 9.90. The third kappa shape index (κ3) is 4.62. The Bertz CT molecular complexity index is 1350. The summed E-state index contributed by atoms with van der Waals surface area (Å²) in [6, 6.07) is 12.8. The van der Waals surface area contributed by atoms with Crippen molar-refractivity contribution in [3.63, 3.8) is 0 Å². The largest absolute Gasteiger partial charge is 0.494 e. The van der Waals surface area contributed by atoms with E-state index in [2.05, 4.69) is 20.9 Å². The molecule has 0 saturated carbocycles. The second-order valence-corrected chi connectivity index (χ2v) is 12.1. The molecule has 3 heterocycles. The first kappa shape index (κ1) is 25.4.